The second-order valence-electron chi connectivity index (χ2n) is 3.09. The summed E-state index contributed by atoms with van der Waals surface area (Å²) in [6.45, 7) is 3.44. The minimum Gasteiger partial charge on any atom is -0.480 e. The lowest BCUT2D eigenvalue weighted by atomic mass is 10.0. The zero-order valence-electron chi connectivity index (χ0n) is 9.83. The van der Waals surface area contributed by atoms with Gasteiger partial charge in [-0.1, -0.05) is 29.8 Å². The first kappa shape index (κ1) is 18.2. The van der Waals surface area contributed by atoms with Gasteiger partial charge in [-0.2, -0.15) is 0 Å². The van der Waals surface area contributed by atoms with E-state index in [4.69, 9.17) is 10.8 Å². The number of rotatable bonds is 4. The number of hydrogen-bond acceptors (Lipinski definition) is 4. The van der Waals surface area contributed by atoms with E-state index in [1.165, 1.54) is 0 Å². The second kappa shape index (κ2) is 8.94. The van der Waals surface area contributed by atoms with Gasteiger partial charge < -0.3 is 16.6 Å². The minimum atomic E-state index is -0.968. The van der Waals surface area contributed by atoms with E-state index in [2.05, 4.69) is 21.7 Å². The van der Waals surface area contributed by atoms with Crippen molar-refractivity contribution < 1.29 is 19.5 Å². The predicted octanol–water partition coefficient (Wildman–Crippen LogP) is 0.165. The molecule has 6 N–H and O–H groups in total. The van der Waals surface area contributed by atoms with Gasteiger partial charge in [0.2, 0.25) is 5.91 Å². The fraction of sp³-hybridized carbons (Fsp3) is 0.667. The molecule has 0 saturated heterocycles. The maximum Gasteiger partial charge on any atom is 0.318 e. The highest BCUT2D eigenvalue weighted by Gasteiger charge is 2.32. The molecule has 100 valence electrons. The molecule has 0 aliphatic heterocycles. The molecular weight excluding hydrogens is 294 g/mol. The molecule has 8 heteroatoms. The highest BCUT2D eigenvalue weighted by Crippen LogP contribution is 2.26. The first-order chi connectivity index (χ1) is 7.73. The number of nitrogens with one attached hydrogen (secondary N) is 1. The summed E-state index contributed by atoms with van der Waals surface area (Å²) >= 11 is 3.26. The summed E-state index contributed by atoms with van der Waals surface area (Å²) < 4.78 is -0.665. The van der Waals surface area contributed by atoms with E-state index in [-0.39, 0.29) is 12.5 Å². The molecule has 0 saturated carbocycles. The van der Waals surface area contributed by atoms with Gasteiger partial charge in [0.15, 0.2) is 0 Å². The molecule has 0 unspecified atom stereocenters. The molecule has 0 aliphatic carbocycles. The molecule has 0 heterocycles. The number of carboxylic acids is 1. The van der Waals surface area contributed by atoms with Crippen LogP contribution in [0.5, 0.6) is 0 Å². The molecule has 0 fully saturated rings. The Hall–Kier alpha value is -1.15. The normalized spacial score (nSPS) is 9.88. The fourth-order valence-corrected chi connectivity index (χ4v) is 0.894. The smallest absolute Gasteiger partial charge is 0.318 e. The molecule has 3 amide bonds. The zero-order chi connectivity index (χ0) is 14.1. The lowest BCUT2D eigenvalue weighted by molar-refractivity contribution is -0.135. The van der Waals surface area contributed by atoms with Crippen molar-refractivity contribution in [2.24, 2.45) is 11.5 Å². The summed E-state index contributed by atoms with van der Waals surface area (Å²) in [5.74, 6) is -1.34. The maximum absolute atomic E-state index is 11.3. The van der Waals surface area contributed by atoms with Crippen molar-refractivity contribution in [2.75, 3.05) is 6.54 Å². The molecular formula is C9H18BrN3O4. The third-order valence-electron chi connectivity index (χ3n) is 1.94. The lowest BCUT2D eigenvalue weighted by Gasteiger charge is -2.21. The Morgan fingerprint density at radius 1 is 1.29 bits per heavy atom. The highest BCUT2D eigenvalue weighted by molar-refractivity contribution is 9.10. The van der Waals surface area contributed by atoms with E-state index in [1.54, 1.807) is 0 Å². The van der Waals surface area contributed by atoms with Crippen molar-refractivity contribution in [3.8, 4) is 0 Å². The SMILES string of the molecule is CCC(Br)(CC)C(=O)NC(N)=O.NCC(=O)O. The van der Waals surface area contributed by atoms with Crippen LogP contribution in [0.15, 0.2) is 0 Å². The number of halogens is 1. The highest BCUT2D eigenvalue weighted by atomic mass is 79.9. The van der Waals surface area contributed by atoms with E-state index in [0.717, 1.165) is 0 Å². The Kier molecular flexibility index (Phi) is 9.58. The lowest BCUT2D eigenvalue weighted by Crippen LogP contribution is -2.46. The molecule has 0 aliphatic rings. The van der Waals surface area contributed by atoms with Gasteiger partial charge in [-0.3, -0.25) is 14.9 Å². The number of carbonyl (C=O) groups is 3. The van der Waals surface area contributed by atoms with E-state index >= 15 is 0 Å². The van der Waals surface area contributed by atoms with Gasteiger partial charge in [0.1, 0.15) is 4.32 Å². The summed E-state index contributed by atoms with van der Waals surface area (Å²) in [5, 5.41) is 9.64. The Morgan fingerprint density at radius 2 is 1.65 bits per heavy atom. The molecule has 0 radical (unpaired) electrons. The molecule has 0 rings (SSSR count). The summed E-state index contributed by atoms with van der Waals surface area (Å²) in [5.41, 5.74) is 9.38. The van der Waals surface area contributed by atoms with E-state index in [1.807, 2.05) is 19.2 Å². The number of alkyl halides is 1. The van der Waals surface area contributed by atoms with Crippen LogP contribution in [0.4, 0.5) is 4.79 Å². The fourth-order valence-electron chi connectivity index (χ4n) is 0.795. The predicted molar refractivity (Wildman–Crippen MR) is 66.7 cm³/mol. The number of hydrogen-bond donors (Lipinski definition) is 4. The molecule has 0 spiro atoms. The van der Waals surface area contributed by atoms with Crippen molar-refractivity contribution in [2.45, 2.75) is 31.0 Å². The number of carbonyl (C=O) groups excluding carboxylic acids is 2. The van der Waals surface area contributed by atoms with Gasteiger partial charge in [0.25, 0.3) is 0 Å². The first-order valence-electron chi connectivity index (χ1n) is 4.95. The molecule has 0 aromatic heterocycles. The summed E-state index contributed by atoms with van der Waals surface area (Å²) in [7, 11) is 0. The topological polar surface area (TPSA) is 136 Å². The number of imide groups is 1. The van der Waals surface area contributed by atoms with Gasteiger partial charge in [-0.15, -0.1) is 0 Å². The number of urea groups is 1. The zero-order valence-corrected chi connectivity index (χ0v) is 11.4. The average Bonchev–Trinajstić information content (AvgIpc) is 2.27. The second-order valence-corrected chi connectivity index (χ2v) is 4.61. The minimum absolute atomic E-state index is 0.278. The molecule has 0 aromatic carbocycles. The monoisotopic (exact) mass is 311 g/mol. The summed E-state index contributed by atoms with van der Waals surface area (Å²) in [6, 6.07) is -0.814. The van der Waals surface area contributed by atoms with Gasteiger partial charge in [-0.05, 0) is 12.8 Å². The van der Waals surface area contributed by atoms with Crippen LogP contribution in [0.2, 0.25) is 0 Å². The molecule has 7 nitrogen and oxygen atoms in total. The third-order valence-corrected chi connectivity index (χ3v) is 3.42. The molecule has 0 aromatic rings. The number of amides is 3. The largest absolute Gasteiger partial charge is 0.480 e. The number of aliphatic carboxylic acids is 1. The number of carboxylic acid groups (broad SMARTS) is 1. The van der Waals surface area contributed by atoms with Gasteiger partial charge in [0, 0.05) is 0 Å². The standard InChI is InChI=1S/C7H13BrN2O2.C2H5NO2/c1-3-7(8,4-2)5(11)10-6(9)12;3-1-2(4)5/h3-4H2,1-2H3,(H3,9,10,11,12);1,3H2,(H,4,5). The van der Waals surface area contributed by atoms with Gasteiger partial charge in [0.05, 0.1) is 6.54 Å². The molecule has 17 heavy (non-hydrogen) atoms. The van der Waals surface area contributed by atoms with E-state index in [9.17, 15) is 14.4 Å². The van der Waals surface area contributed by atoms with Crippen LogP contribution < -0.4 is 16.8 Å². The maximum atomic E-state index is 11.3. The average molecular weight is 312 g/mol. The summed E-state index contributed by atoms with van der Waals surface area (Å²) in [4.78, 5) is 30.9. The third kappa shape index (κ3) is 8.64. The van der Waals surface area contributed by atoms with Crippen molar-refractivity contribution in [3.63, 3.8) is 0 Å². The van der Waals surface area contributed by atoms with Crippen molar-refractivity contribution in [3.05, 3.63) is 0 Å². The van der Waals surface area contributed by atoms with E-state index in [0.29, 0.717) is 12.8 Å². The first-order valence-corrected chi connectivity index (χ1v) is 5.74. The van der Waals surface area contributed by atoms with Crippen LogP contribution in [0.3, 0.4) is 0 Å². The Balaban J connectivity index is 0. The quantitative estimate of drug-likeness (QED) is 0.548. The Labute approximate surface area is 108 Å². The van der Waals surface area contributed by atoms with Crippen LogP contribution in [0, 0.1) is 0 Å². The van der Waals surface area contributed by atoms with Crippen LogP contribution in [-0.4, -0.2) is 33.9 Å². The summed E-state index contributed by atoms with van der Waals surface area (Å²) in [6.07, 6.45) is 1.23. The van der Waals surface area contributed by atoms with Crippen LogP contribution in [0.1, 0.15) is 26.7 Å². The van der Waals surface area contributed by atoms with Crippen molar-refractivity contribution in [1.29, 1.82) is 0 Å². The van der Waals surface area contributed by atoms with Crippen LogP contribution >= 0.6 is 15.9 Å². The van der Waals surface area contributed by atoms with Gasteiger partial charge in [-0.25, -0.2) is 4.79 Å². The number of primary amides is 1. The Bertz CT molecular complexity index is 279. The van der Waals surface area contributed by atoms with Crippen molar-refractivity contribution >= 4 is 33.8 Å². The van der Waals surface area contributed by atoms with E-state index < -0.39 is 16.3 Å². The number of nitrogens with two attached hydrogens (primary N) is 2. The Morgan fingerprint density at radius 3 is 1.82 bits per heavy atom. The van der Waals surface area contributed by atoms with Crippen LogP contribution in [-0.2, 0) is 9.59 Å². The molecule has 0 atom stereocenters. The van der Waals surface area contributed by atoms with Crippen molar-refractivity contribution in [1.82, 2.24) is 5.32 Å². The molecule has 0 bridgehead atoms. The van der Waals surface area contributed by atoms with Gasteiger partial charge >= 0.3 is 12.0 Å². The van der Waals surface area contributed by atoms with Crippen LogP contribution in [0.25, 0.3) is 0 Å².